The van der Waals surface area contributed by atoms with Crippen molar-refractivity contribution in [2.75, 3.05) is 11.5 Å². The molecule has 0 aromatic carbocycles. The fourth-order valence-electron chi connectivity index (χ4n) is 1.78. The number of carbonyl (C=O) groups excluding carboxylic acids is 1. The number of hydrogen-bond donors (Lipinski definition) is 1. The smallest absolute Gasteiger partial charge is 0.254 e. The highest BCUT2D eigenvalue weighted by Gasteiger charge is 2.21. The fourth-order valence-corrected chi connectivity index (χ4v) is 3.60. The third-order valence-corrected chi connectivity index (χ3v) is 4.89. The third-order valence-electron chi connectivity index (χ3n) is 2.77. The van der Waals surface area contributed by atoms with Gasteiger partial charge in [-0.25, -0.2) is 4.98 Å². The molecule has 1 aliphatic rings. The van der Waals surface area contributed by atoms with Crippen LogP contribution in [0.3, 0.4) is 0 Å². The largest absolute Gasteiger partial charge is 0.349 e. The zero-order valence-electron chi connectivity index (χ0n) is 9.49. The Labute approximate surface area is 121 Å². The van der Waals surface area contributed by atoms with Crippen molar-refractivity contribution in [1.82, 2.24) is 10.3 Å². The summed E-state index contributed by atoms with van der Waals surface area (Å²) >= 11 is 9.15. The van der Waals surface area contributed by atoms with Crippen molar-refractivity contribution in [2.24, 2.45) is 0 Å². The van der Waals surface area contributed by atoms with Crippen LogP contribution in [0, 0.1) is 0 Å². The van der Waals surface area contributed by atoms with Crippen molar-refractivity contribution >= 4 is 44.2 Å². The van der Waals surface area contributed by atoms with E-state index in [4.69, 9.17) is 11.6 Å². The number of nitrogens with one attached hydrogen (secondary N) is 1. The molecule has 0 atom stereocenters. The van der Waals surface area contributed by atoms with Crippen LogP contribution < -0.4 is 5.32 Å². The minimum absolute atomic E-state index is 0.0743. The number of halogens is 2. The molecule has 7 heteroatoms. The van der Waals surface area contributed by atoms with E-state index < -0.39 is 10.8 Å². The van der Waals surface area contributed by atoms with Gasteiger partial charge in [0, 0.05) is 39.0 Å². The molecule has 0 aliphatic carbocycles. The number of carbonyl (C=O) groups is 1. The van der Waals surface area contributed by atoms with E-state index in [0.29, 0.717) is 21.5 Å². The van der Waals surface area contributed by atoms with Crippen LogP contribution in [-0.2, 0) is 10.8 Å². The molecule has 0 radical (unpaired) electrons. The summed E-state index contributed by atoms with van der Waals surface area (Å²) in [6.07, 6.45) is 3.04. The Morgan fingerprint density at radius 2 is 2.17 bits per heavy atom. The monoisotopic (exact) mass is 350 g/mol. The van der Waals surface area contributed by atoms with Gasteiger partial charge in [0.2, 0.25) is 0 Å². The molecule has 1 aromatic heterocycles. The Morgan fingerprint density at radius 1 is 1.50 bits per heavy atom. The normalized spacial score (nSPS) is 23.7. The summed E-state index contributed by atoms with van der Waals surface area (Å²) in [7, 11) is -0.725. The highest BCUT2D eigenvalue weighted by molar-refractivity contribution is 9.10. The van der Waals surface area contributed by atoms with Gasteiger partial charge >= 0.3 is 0 Å². The van der Waals surface area contributed by atoms with E-state index in [0.717, 1.165) is 12.8 Å². The summed E-state index contributed by atoms with van der Waals surface area (Å²) < 4.78 is 11.9. The van der Waals surface area contributed by atoms with Gasteiger partial charge in [-0.3, -0.25) is 9.00 Å². The van der Waals surface area contributed by atoms with Crippen LogP contribution in [0.1, 0.15) is 23.2 Å². The van der Waals surface area contributed by atoms with Gasteiger partial charge < -0.3 is 5.32 Å². The average Bonchev–Trinajstić information content (AvgIpc) is 2.35. The molecule has 0 bridgehead atoms. The Bertz CT molecular complexity index is 488. The number of hydrogen-bond acceptors (Lipinski definition) is 3. The van der Waals surface area contributed by atoms with Crippen LogP contribution in [-0.4, -0.2) is 32.6 Å². The molecule has 2 rings (SSSR count). The van der Waals surface area contributed by atoms with Crippen LogP contribution in [0.15, 0.2) is 16.7 Å². The second kappa shape index (κ2) is 6.12. The number of rotatable bonds is 2. The Balaban J connectivity index is 2.03. The third kappa shape index (κ3) is 3.52. The Morgan fingerprint density at radius 3 is 2.83 bits per heavy atom. The van der Waals surface area contributed by atoms with Crippen molar-refractivity contribution in [3.8, 4) is 0 Å². The second-order valence-corrected chi connectivity index (χ2v) is 7.06. The summed E-state index contributed by atoms with van der Waals surface area (Å²) in [5.41, 5.74) is 0.359. The molecule has 2 heterocycles. The van der Waals surface area contributed by atoms with Crippen LogP contribution in [0.5, 0.6) is 0 Å². The first-order valence-electron chi connectivity index (χ1n) is 5.53. The number of aromatic nitrogens is 1. The van der Waals surface area contributed by atoms with Crippen LogP contribution in [0.2, 0.25) is 5.15 Å². The van der Waals surface area contributed by atoms with Gasteiger partial charge in [-0.05, 0) is 34.8 Å². The highest BCUT2D eigenvalue weighted by atomic mass is 79.9. The average molecular weight is 352 g/mol. The maximum atomic E-state index is 12.0. The lowest BCUT2D eigenvalue weighted by Crippen LogP contribution is -2.39. The number of pyridine rings is 1. The molecular weight excluding hydrogens is 340 g/mol. The minimum Gasteiger partial charge on any atom is -0.349 e. The van der Waals surface area contributed by atoms with Crippen LogP contribution >= 0.6 is 27.5 Å². The Kier molecular flexibility index (Phi) is 4.75. The van der Waals surface area contributed by atoms with Gasteiger partial charge in [0.1, 0.15) is 5.15 Å². The SMILES string of the molecule is O=C(NC1CCS(=O)CC1)c1cc(Br)cnc1Cl. The van der Waals surface area contributed by atoms with E-state index in [1.165, 1.54) is 0 Å². The van der Waals surface area contributed by atoms with Gasteiger partial charge in [0.05, 0.1) is 5.56 Å². The molecule has 1 aliphatic heterocycles. The number of nitrogens with zero attached hydrogens (tertiary/aromatic N) is 1. The molecule has 0 unspecified atom stereocenters. The van der Waals surface area contributed by atoms with Crippen molar-refractivity contribution in [3.63, 3.8) is 0 Å². The molecule has 1 amide bonds. The lowest BCUT2D eigenvalue weighted by Gasteiger charge is -2.22. The summed E-state index contributed by atoms with van der Waals surface area (Å²) in [5.74, 6) is 1.07. The summed E-state index contributed by atoms with van der Waals surface area (Å²) in [4.78, 5) is 15.9. The maximum Gasteiger partial charge on any atom is 0.254 e. The van der Waals surface area contributed by atoms with Gasteiger partial charge in [-0.2, -0.15) is 0 Å². The lowest BCUT2D eigenvalue weighted by molar-refractivity contribution is 0.0934. The van der Waals surface area contributed by atoms with E-state index >= 15 is 0 Å². The molecule has 98 valence electrons. The quantitative estimate of drug-likeness (QED) is 0.831. The van der Waals surface area contributed by atoms with Gasteiger partial charge in [-0.1, -0.05) is 11.6 Å². The molecule has 1 N–H and O–H groups in total. The Hall–Kier alpha value is -0.460. The van der Waals surface area contributed by atoms with Gasteiger partial charge in [0.25, 0.3) is 5.91 Å². The van der Waals surface area contributed by atoms with Crippen molar-refractivity contribution in [1.29, 1.82) is 0 Å². The second-order valence-electron chi connectivity index (χ2n) is 4.09. The van der Waals surface area contributed by atoms with E-state index in [9.17, 15) is 9.00 Å². The van der Waals surface area contributed by atoms with E-state index in [-0.39, 0.29) is 17.1 Å². The van der Waals surface area contributed by atoms with Crippen LogP contribution in [0.4, 0.5) is 0 Å². The van der Waals surface area contributed by atoms with Crippen LogP contribution in [0.25, 0.3) is 0 Å². The predicted molar refractivity (Wildman–Crippen MR) is 75.3 cm³/mol. The van der Waals surface area contributed by atoms with Crippen molar-refractivity contribution in [3.05, 3.63) is 27.5 Å². The summed E-state index contributed by atoms with van der Waals surface area (Å²) in [5, 5.41) is 3.09. The molecule has 1 aromatic rings. The van der Waals surface area contributed by atoms with Gasteiger partial charge in [-0.15, -0.1) is 0 Å². The maximum absolute atomic E-state index is 12.0. The molecule has 18 heavy (non-hydrogen) atoms. The molecular formula is C11H12BrClN2O2S. The first-order chi connectivity index (χ1) is 8.56. The van der Waals surface area contributed by atoms with Crippen molar-refractivity contribution < 1.29 is 9.00 Å². The molecule has 0 spiro atoms. The highest BCUT2D eigenvalue weighted by Crippen LogP contribution is 2.19. The predicted octanol–water partition coefficient (Wildman–Crippen LogP) is 2.14. The molecule has 0 saturated carbocycles. The van der Waals surface area contributed by atoms with E-state index in [1.54, 1.807) is 12.3 Å². The zero-order valence-corrected chi connectivity index (χ0v) is 12.6. The standard InChI is InChI=1S/C11H12BrClN2O2S/c12-7-5-9(10(13)14-6-7)11(16)15-8-1-3-18(17)4-2-8/h5-6,8H,1-4H2,(H,15,16). The fraction of sp³-hybridized carbons (Fsp3) is 0.455. The zero-order chi connectivity index (χ0) is 13.1. The molecule has 1 saturated heterocycles. The van der Waals surface area contributed by atoms with Gasteiger partial charge in [0.15, 0.2) is 0 Å². The van der Waals surface area contributed by atoms with E-state index in [1.807, 2.05) is 0 Å². The molecule has 1 fully saturated rings. The lowest BCUT2D eigenvalue weighted by atomic mass is 10.1. The van der Waals surface area contributed by atoms with Crippen molar-refractivity contribution in [2.45, 2.75) is 18.9 Å². The minimum atomic E-state index is -0.725. The molecule has 4 nitrogen and oxygen atoms in total. The summed E-state index contributed by atoms with van der Waals surface area (Å²) in [6.45, 7) is 0. The first-order valence-corrected chi connectivity index (χ1v) is 8.19. The topological polar surface area (TPSA) is 59.1 Å². The van der Waals surface area contributed by atoms with E-state index in [2.05, 4.69) is 26.2 Å². The first kappa shape index (κ1) is 14.0. The number of amides is 1. The summed E-state index contributed by atoms with van der Waals surface area (Å²) in [6, 6.07) is 1.72.